The Morgan fingerprint density at radius 1 is 0.333 bits per heavy atom. The molecule has 0 bridgehead atoms. The normalized spacial score (nSPS) is 12.0. The molecule has 13 aromatic rings. The highest BCUT2D eigenvalue weighted by Gasteiger charge is 2.22. The van der Waals surface area contributed by atoms with Crippen LogP contribution in [0.2, 0.25) is 0 Å². The van der Waals surface area contributed by atoms with Gasteiger partial charge >= 0.3 is 0 Å². The molecule has 0 radical (unpaired) electrons. The van der Waals surface area contributed by atoms with Gasteiger partial charge < -0.3 is 4.57 Å². The Kier molecular flexibility index (Phi) is 7.14. The zero-order chi connectivity index (χ0) is 39.3. The van der Waals surface area contributed by atoms with E-state index in [2.05, 4.69) is 180 Å². The van der Waals surface area contributed by atoms with Crippen molar-refractivity contribution in [2.45, 2.75) is 0 Å². The fourth-order valence-corrected chi connectivity index (χ4v) is 10.4. The summed E-state index contributed by atoms with van der Waals surface area (Å²) in [4.78, 5) is 15.9. The summed E-state index contributed by atoms with van der Waals surface area (Å²) in [7, 11) is 0. The molecule has 10 aromatic carbocycles. The Labute approximate surface area is 348 Å². The van der Waals surface area contributed by atoms with Crippen LogP contribution in [-0.2, 0) is 0 Å². The molecule has 278 valence electrons. The lowest BCUT2D eigenvalue weighted by Crippen LogP contribution is -2.01. The number of rotatable bonds is 4. The molecule has 0 amide bonds. The molecule has 0 aliphatic heterocycles. The van der Waals surface area contributed by atoms with Crippen LogP contribution in [0.3, 0.4) is 0 Å². The van der Waals surface area contributed by atoms with Gasteiger partial charge in [0.15, 0.2) is 17.5 Å². The van der Waals surface area contributed by atoms with Crippen LogP contribution in [-0.4, -0.2) is 19.5 Å². The summed E-state index contributed by atoms with van der Waals surface area (Å²) in [6.07, 6.45) is 0. The van der Waals surface area contributed by atoms with Gasteiger partial charge in [-0.05, 0) is 97.7 Å². The van der Waals surface area contributed by atoms with E-state index in [1.54, 1.807) is 0 Å². The molecule has 0 N–H and O–H groups in total. The average molecular weight is 781 g/mol. The van der Waals surface area contributed by atoms with Crippen LogP contribution in [0, 0.1) is 0 Å². The summed E-state index contributed by atoms with van der Waals surface area (Å²) in [6, 6.07) is 69.9. The fraction of sp³-hybridized carbons (Fsp3) is 0. The second-order valence-electron chi connectivity index (χ2n) is 15.6. The van der Waals surface area contributed by atoms with Crippen molar-refractivity contribution in [3.8, 4) is 39.9 Å². The lowest BCUT2D eigenvalue weighted by molar-refractivity contribution is 1.08. The average Bonchev–Trinajstić information content (AvgIpc) is 3.82. The van der Waals surface area contributed by atoms with Gasteiger partial charge in [-0.3, -0.25) is 0 Å². The first-order valence-electron chi connectivity index (χ1n) is 20.3. The molecule has 0 spiro atoms. The van der Waals surface area contributed by atoms with Gasteiger partial charge in [0.2, 0.25) is 0 Å². The Morgan fingerprint density at radius 3 is 1.57 bits per heavy atom. The first-order chi connectivity index (χ1) is 29.7. The van der Waals surface area contributed by atoms with E-state index in [-0.39, 0.29) is 0 Å². The Bertz CT molecular complexity index is 3810. The van der Waals surface area contributed by atoms with E-state index in [4.69, 9.17) is 15.0 Å². The molecular formula is C55H32N4S. The van der Waals surface area contributed by atoms with E-state index >= 15 is 0 Å². The second-order valence-corrected chi connectivity index (χ2v) is 16.7. The molecular weight excluding hydrogens is 749 g/mol. The Balaban J connectivity index is 1.12. The SMILES string of the molecule is c1ccc(-c2nc(-c3ccc4ccccc4c3)nc(-c3c4ccccc4cc4sc5ccc(-n6c7cc8ccccc8cc7c7cc8ccccc8cc76)cc5c34)n2)cc1. The quantitative estimate of drug-likeness (QED) is 0.179. The van der Waals surface area contributed by atoms with Gasteiger partial charge in [-0.25, -0.2) is 15.0 Å². The zero-order valence-electron chi connectivity index (χ0n) is 32.2. The van der Waals surface area contributed by atoms with E-state index in [1.807, 2.05) is 29.5 Å². The molecule has 0 saturated carbocycles. The standard InChI is InChI=1S/C55H32N4S/c1-2-13-34(14-3-1)53-56-54(41-23-22-33-12-4-5-15-35(33)26-41)58-55(57-53)52-43-21-11-10-20-40(43)31-50-51(52)46-32-42(24-25-49(46)60-50)59-47-29-38-18-8-6-16-36(38)27-44(47)45-28-37-17-7-9-19-39(37)30-48(45)59/h1-32H. The van der Waals surface area contributed by atoms with Crippen molar-refractivity contribution in [2.75, 3.05) is 0 Å². The largest absolute Gasteiger partial charge is 0.309 e. The first kappa shape index (κ1) is 33.3. The van der Waals surface area contributed by atoms with Gasteiger partial charge in [-0.2, -0.15) is 0 Å². The van der Waals surface area contributed by atoms with Crippen molar-refractivity contribution in [1.29, 1.82) is 0 Å². The second kappa shape index (κ2) is 12.9. The predicted molar refractivity (Wildman–Crippen MR) is 253 cm³/mol. The number of hydrogen-bond acceptors (Lipinski definition) is 4. The van der Waals surface area contributed by atoms with E-state index in [1.165, 1.54) is 63.5 Å². The van der Waals surface area contributed by atoms with Crippen molar-refractivity contribution in [3.63, 3.8) is 0 Å². The summed E-state index contributed by atoms with van der Waals surface area (Å²) in [5.74, 6) is 1.96. The highest BCUT2D eigenvalue weighted by Crippen LogP contribution is 2.46. The molecule has 0 fully saturated rings. The van der Waals surface area contributed by atoms with Crippen molar-refractivity contribution >= 4 is 96.4 Å². The van der Waals surface area contributed by atoms with Crippen LogP contribution in [0.1, 0.15) is 0 Å². The number of nitrogens with zero attached hydrogens (tertiary/aromatic N) is 4. The topological polar surface area (TPSA) is 43.6 Å². The van der Waals surface area contributed by atoms with E-state index in [0.717, 1.165) is 43.9 Å². The zero-order valence-corrected chi connectivity index (χ0v) is 33.0. The third-order valence-corrected chi connectivity index (χ3v) is 13.2. The molecule has 0 saturated heterocycles. The van der Waals surface area contributed by atoms with Crippen LogP contribution in [0.5, 0.6) is 0 Å². The number of benzene rings is 10. The third kappa shape index (κ3) is 5.13. The number of fused-ring (bicyclic) bond motifs is 10. The van der Waals surface area contributed by atoms with Crippen molar-refractivity contribution in [1.82, 2.24) is 19.5 Å². The summed E-state index contributed by atoms with van der Waals surface area (Å²) < 4.78 is 4.87. The van der Waals surface area contributed by atoms with Crippen LogP contribution in [0.25, 0.3) is 125 Å². The molecule has 0 unspecified atom stereocenters. The molecule has 4 nitrogen and oxygen atoms in total. The predicted octanol–water partition coefficient (Wildman–Crippen LogP) is 15.0. The number of hydrogen-bond donors (Lipinski definition) is 0. The lowest BCUT2D eigenvalue weighted by atomic mass is 9.97. The van der Waals surface area contributed by atoms with Crippen molar-refractivity contribution in [2.24, 2.45) is 0 Å². The van der Waals surface area contributed by atoms with E-state index < -0.39 is 0 Å². The minimum Gasteiger partial charge on any atom is -0.309 e. The van der Waals surface area contributed by atoms with Gasteiger partial charge in [0, 0.05) is 53.3 Å². The minimum absolute atomic E-state index is 0.648. The fourth-order valence-electron chi connectivity index (χ4n) is 9.29. The molecule has 5 heteroatoms. The van der Waals surface area contributed by atoms with Crippen LogP contribution in [0.15, 0.2) is 194 Å². The molecule has 3 aromatic heterocycles. The summed E-state index contributed by atoms with van der Waals surface area (Å²) in [5, 5.41) is 14.3. The molecule has 0 atom stereocenters. The minimum atomic E-state index is 0.648. The third-order valence-electron chi connectivity index (χ3n) is 12.1. The van der Waals surface area contributed by atoms with Crippen LogP contribution in [0.4, 0.5) is 0 Å². The lowest BCUT2D eigenvalue weighted by Gasteiger charge is -2.13. The molecule has 0 aliphatic rings. The maximum atomic E-state index is 5.38. The summed E-state index contributed by atoms with van der Waals surface area (Å²) >= 11 is 1.82. The van der Waals surface area contributed by atoms with E-state index in [0.29, 0.717) is 17.5 Å². The van der Waals surface area contributed by atoms with Gasteiger partial charge in [0.1, 0.15) is 0 Å². The number of thiophene rings is 1. The van der Waals surface area contributed by atoms with Crippen LogP contribution >= 0.6 is 11.3 Å². The Morgan fingerprint density at radius 2 is 0.883 bits per heavy atom. The summed E-state index contributed by atoms with van der Waals surface area (Å²) in [6.45, 7) is 0. The van der Waals surface area contributed by atoms with Gasteiger partial charge in [-0.15, -0.1) is 11.3 Å². The molecule has 13 rings (SSSR count). The highest BCUT2D eigenvalue weighted by molar-refractivity contribution is 7.26. The molecule has 3 heterocycles. The molecule has 60 heavy (non-hydrogen) atoms. The first-order valence-corrected chi connectivity index (χ1v) is 21.1. The number of aromatic nitrogens is 4. The van der Waals surface area contributed by atoms with Gasteiger partial charge in [0.05, 0.1) is 11.0 Å². The van der Waals surface area contributed by atoms with Gasteiger partial charge in [0.25, 0.3) is 0 Å². The van der Waals surface area contributed by atoms with Crippen molar-refractivity contribution in [3.05, 3.63) is 194 Å². The van der Waals surface area contributed by atoms with E-state index in [9.17, 15) is 0 Å². The summed E-state index contributed by atoms with van der Waals surface area (Å²) in [5.41, 5.74) is 6.41. The monoisotopic (exact) mass is 780 g/mol. The smallest absolute Gasteiger partial charge is 0.165 e. The molecule has 0 aliphatic carbocycles. The maximum absolute atomic E-state index is 5.38. The Hall–Kier alpha value is -7.73. The maximum Gasteiger partial charge on any atom is 0.165 e. The van der Waals surface area contributed by atoms with Crippen molar-refractivity contribution < 1.29 is 0 Å². The highest BCUT2D eigenvalue weighted by atomic mass is 32.1. The van der Waals surface area contributed by atoms with Crippen LogP contribution < -0.4 is 0 Å². The van der Waals surface area contributed by atoms with Gasteiger partial charge in [-0.1, -0.05) is 140 Å².